The van der Waals surface area contributed by atoms with Gasteiger partial charge in [-0.15, -0.1) is 0 Å². The Labute approximate surface area is 212 Å². The van der Waals surface area contributed by atoms with Crippen molar-refractivity contribution in [1.82, 2.24) is 9.21 Å². The number of phenols is 1. The molecule has 36 heavy (non-hydrogen) atoms. The average Bonchev–Trinajstić information content (AvgIpc) is 2.84. The average molecular weight is 519 g/mol. The summed E-state index contributed by atoms with van der Waals surface area (Å²) < 4.78 is 50.2. The fourth-order valence-corrected chi connectivity index (χ4v) is 6.78. The number of nitrogens with zero attached hydrogens (tertiary/aromatic N) is 2. The normalized spacial score (nSPS) is 24.1. The zero-order valence-corrected chi connectivity index (χ0v) is 21.5. The van der Waals surface area contributed by atoms with E-state index in [0.29, 0.717) is 38.0 Å². The molecule has 0 spiro atoms. The molecule has 2 aromatic rings. The van der Waals surface area contributed by atoms with Crippen LogP contribution in [-0.4, -0.2) is 81.6 Å². The van der Waals surface area contributed by atoms with Crippen LogP contribution < -0.4 is 9.47 Å². The van der Waals surface area contributed by atoms with Crippen molar-refractivity contribution in [1.29, 1.82) is 0 Å². The van der Waals surface area contributed by atoms with Crippen molar-refractivity contribution < 1.29 is 27.4 Å². The summed E-state index contributed by atoms with van der Waals surface area (Å²) in [5.41, 5.74) is 2.20. The van der Waals surface area contributed by atoms with E-state index in [1.807, 2.05) is 18.2 Å². The van der Waals surface area contributed by atoms with Crippen molar-refractivity contribution in [3.05, 3.63) is 53.6 Å². The lowest BCUT2D eigenvalue weighted by molar-refractivity contribution is 0.0668. The molecule has 9 heteroatoms. The molecule has 0 aliphatic carbocycles. The highest BCUT2D eigenvalue weighted by Crippen LogP contribution is 2.47. The highest BCUT2D eigenvalue weighted by molar-refractivity contribution is 7.88. The predicted molar refractivity (Wildman–Crippen MR) is 136 cm³/mol. The Balaban J connectivity index is 1.30. The van der Waals surface area contributed by atoms with Gasteiger partial charge in [0.05, 0.1) is 19.5 Å². The number of hydrogen-bond donors (Lipinski definition) is 1. The molecular weight excluding hydrogens is 483 g/mol. The number of hydrogen-bond acceptors (Lipinski definition) is 6. The number of fused-ring (bicyclic) bond motifs is 1. The summed E-state index contributed by atoms with van der Waals surface area (Å²) in [6, 6.07) is 13.5. The third kappa shape index (κ3) is 5.48. The van der Waals surface area contributed by atoms with Gasteiger partial charge >= 0.3 is 0 Å². The minimum absolute atomic E-state index is 0.0805. The van der Waals surface area contributed by atoms with Gasteiger partial charge in [0.2, 0.25) is 10.0 Å². The molecule has 3 heterocycles. The van der Waals surface area contributed by atoms with E-state index in [0.717, 1.165) is 49.4 Å². The fraction of sp³-hybridized carbons (Fsp3) is 0.556. The molecule has 7 nitrogen and oxygen atoms in total. The fourth-order valence-electron chi connectivity index (χ4n) is 5.91. The van der Waals surface area contributed by atoms with Gasteiger partial charge in [-0.2, -0.15) is 0 Å². The number of likely N-dealkylation sites (tertiary alicyclic amines) is 1. The topological polar surface area (TPSA) is 79.3 Å². The van der Waals surface area contributed by atoms with Gasteiger partial charge in [-0.05, 0) is 42.5 Å². The van der Waals surface area contributed by atoms with Gasteiger partial charge in [0.1, 0.15) is 23.9 Å². The Morgan fingerprint density at radius 3 is 2.50 bits per heavy atom. The van der Waals surface area contributed by atoms with Crippen molar-refractivity contribution >= 4 is 10.0 Å². The minimum atomic E-state index is -3.18. The lowest BCUT2D eigenvalue weighted by Gasteiger charge is -2.41. The maximum atomic E-state index is 12.6. The monoisotopic (exact) mass is 518 g/mol. The molecule has 0 radical (unpaired) electrons. The lowest BCUT2D eigenvalue weighted by atomic mass is 9.70. The highest BCUT2D eigenvalue weighted by atomic mass is 32.2. The van der Waals surface area contributed by atoms with E-state index in [-0.39, 0.29) is 30.2 Å². The van der Waals surface area contributed by atoms with E-state index in [4.69, 9.17) is 9.47 Å². The molecule has 5 rings (SSSR count). The van der Waals surface area contributed by atoms with E-state index >= 15 is 0 Å². The van der Waals surface area contributed by atoms with Gasteiger partial charge in [0, 0.05) is 62.1 Å². The van der Waals surface area contributed by atoms with Crippen LogP contribution in [0, 0.1) is 17.8 Å². The molecule has 0 bridgehead atoms. The van der Waals surface area contributed by atoms with Gasteiger partial charge in [0.25, 0.3) is 0 Å². The molecule has 3 aliphatic heterocycles. The van der Waals surface area contributed by atoms with Gasteiger partial charge < -0.3 is 14.6 Å². The molecule has 1 N–H and O–H groups in total. The van der Waals surface area contributed by atoms with Gasteiger partial charge in [-0.25, -0.2) is 12.7 Å². The van der Waals surface area contributed by atoms with Crippen molar-refractivity contribution in [2.24, 2.45) is 17.8 Å². The van der Waals surface area contributed by atoms with Crippen LogP contribution in [-0.2, 0) is 10.0 Å². The second-order valence-electron chi connectivity index (χ2n) is 10.4. The van der Waals surface area contributed by atoms with Crippen LogP contribution in [0.25, 0.3) is 0 Å². The number of phenolic OH excluding ortho intramolecular Hbond substituents is 1. The molecule has 2 atom stereocenters. The third-order valence-electron chi connectivity index (χ3n) is 7.93. The SMILES string of the molecule is CS(=O)(=O)N1CCC(C2COc3cc(O)ccc3C2c2ccc(OCCN3CC(CF)C3)cc2)CC1. The first-order valence-electron chi connectivity index (χ1n) is 12.7. The summed E-state index contributed by atoms with van der Waals surface area (Å²) in [5, 5.41) is 9.99. The molecule has 196 valence electrons. The third-order valence-corrected chi connectivity index (χ3v) is 9.23. The molecule has 2 fully saturated rings. The standard InChI is InChI=1S/C27H35FN2O5S/c1-36(32,33)30-10-8-20(9-11-30)25-18-35-26-14-22(31)4-7-24(26)27(25)21-2-5-23(6-3-21)34-13-12-29-16-19(15-28)17-29/h2-7,14,19-20,25,27,31H,8-13,15-18H2,1H3. The van der Waals surface area contributed by atoms with Gasteiger partial charge in [-0.3, -0.25) is 9.29 Å². The zero-order chi connectivity index (χ0) is 25.3. The van der Waals surface area contributed by atoms with Crippen LogP contribution >= 0.6 is 0 Å². The van der Waals surface area contributed by atoms with Crippen LogP contribution in [0.5, 0.6) is 17.2 Å². The first-order valence-corrected chi connectivity index (χ1v) is 14.6. The van der Waals surface area contributed by atoms with Crippen LogP contribution in [0.3, 0.4) is 0 Å². The van der Waals surface area contributed by atoms with E-state index in [1.54, 1.807) is 16.4 Å². The van der Waals surface area contributed by atoms with Crippen molar-refractivity contribution in [2.75, 3.05) is 58.9 Å². The van der Waals surface area contributed by atoms with Crippen LogP contribution in [0.1, 0.15) is 29.9 Å². The van der Waals surface area contributed by atoms with Crippen LogP contribution in [0.4, 0.5) is 4.39 Å². The quantitative estimate of drug-likeness (QED) is 0.577. The second kappa shape index (κ2) is 10.6. The maximum Gasteiger partial charge on any atom is 0.211 e. The number of sulfonamides is 1. The number of benzene rings is 2. The molecule has 3 aliphatic rings. The summed E-state index contributed by atoms with van der Waals surface area (Å²) in [6.07, 6.45) is 2.87. The number of rotatable bonds is 8. The predicted octanol–water partition coefficient (Wildman–Crippen LogP) is 3.48. The molecule has 0 saturated carbocycles. The summed E-state index contributed by atoms with van der Waals surface area (Å²) in [4.78, 5) is 2.20. The Hall–Kier alpha value is -2.36. The number of ether oxygens (including phenoxy) is 2. The van der Waals surface area contributed by atoms with E-state index in [2.05, 4.69) is 17.0 Å². The summed E-state index contributed by atoms with van der Waals surface area (Å²) in [5.74, 6) is 2.47. The summed E-state index contributed by atoms with van der Waals surface area (Å²) in [6.45, 7) is 4.33. The molecular formula is C27H35FN2O5S. The zero-order valence-electron chi connectivity index (χ0n) is 20.7. The highest BCUT2D eigenvalue weighted by Gasteiger charge is 2.39. The molecule has 2 saturated heterocycles. The number of alkyl halides is 1. The first-order chi connectivity index (χ1) is 17.3. The number of aromatic hydroxyl groups is 1. The largest absolute Gasteiger partial charge is 0.508 e. The molecule has 0 amide bonds. The number of halogens is 1. The Kier molecular flexibility index (Phi) is 7.42. The second-order valence-corrected chi connectivity index (χ2v) is 12.4. The smallest absolute Gasteiger partial charge is 0.211 e. The van der Waals surface area contributed by atoms with E-state index in [1.165, 1.54) is 6.26 Å². The van der Waals surface area contributed by atoms with Crippen molar-refractivity contribution in [2.45, 2.75) is 18.8 Å². The molecule has 2 aromatic carbocycles. The van der Waals surface area contributed by atoms with Gasteiger partial charge in [-0.1, -0.05) is 18.2 Å². The Bertz CT molecular complexity index is 1150. The van der Waals surface area contributed by atoms with Gasteiger partial charge in [0.15, 0.2) is 0 Å². The number of piperidine rings is 1. The van der Waals surface area contributed by atoms with E-state index < -0.39 is 10.0 Å². The molecule has 0 aromatic heterocycles. The van der Waals surface area contributed by atoms with Crippen LogP contribution in [0.2, 0.25) is 0 Å². The Morgan fingerprint density at radius 1 is 1.11 bits per heavy atom. The Morgan fingerprint density at radius 2 is 1.83 bits per heavy atom. The van der Waals surface area contributed by atoms with Crippen molar-refractivity contribution in [3.63, 3.8) is 0 Å². The minimum Gasteiger partial charge on any atom is -0.508 e. The molecule has 2 unspecified atom stereocenters. The van der Waals surface area contributed by atoms with Crippen LogP contribution in [0.15, 0.2) is 42.5 Å². The summed E-state index contributed by atoms with van der Waals surface area (Å²) in [7, 11) is -3.18. The summed E-state index contributed by atoms with van der Waals surface area (Å²) >= 11 is 0. The van der Waals surface area contributed by atoms with E-state index in [9.17, 15) is 17.9 Å². The lowest BCUT2D eigenvalue weighted by Crippen LogP contribution is -2.49. The van der Waals surface area contributed by atoms with Crippen molar-refractivity contribution in [3.8, 4) is 17.2 Å². The first kappa shape index (κ1) is 25.3. The maximum absolute atomic E-state index is 12.6.